The van der Waals surface area contributed by atoms with Crippen molar-refractivity contribution in [3.05, 3.63) is 58.3 Å². The number of hydrogen-bond acceptors (Lipinski definition) is 3. The van der Waals surface area contributed by atoms with Gasteiger partial charge in [0.2, 0.25) is 5.91 Å². The van der Waals surface area contributed by atoms with Crippen LogP contribution in [0.5, 0.6) is 0 Å². The van der Waals surface area contributed by atoms with Gasteiger partial charge in [-0.25, -0.2) is 0 Å². The van der Waals surface area contributed by atoms with Crippen molar-refractivity contribution < 1.29 is 4.79 Å². The van der Waals surface area contributed by atoms with Gasteiger partial charge in [-0.15, -0.1) is 11.3 Å². The molecule has 0 bridgehead atoms. The van der Waals surface area contributed by atoms with E-state index in [4.69, 9.17) is 5.73 Å². The third-order valence-corrected chi connectivity index (χ3v) is 4.21. The minimum absolute atomic E-state index is 0.0114. The first kappa shape index (κ1) is 14.8. The van der Waals surface area contributed by atoms with Crippen LogP contribution >= 0.6 is 11.3 Å². The van der Waals surface area contributed by atoms with Gasteiger partial charge in [-0.1, -0.05) is 50.2 Å². The van der Waals surface area contributed by atoms with Crippen LogP contribution in [-0.4, -0.2) is 5.91 Å². The molecule has 0 radical (unpaired) electrons. The largest absolute Gasteiger partial charge is 0.347 e. The van der Waals surface area contributed by atoms with E-state index in [0.717, 1.165) is 10.4 Å². The average molecular weight is 288 g/mol. The quantitative estimate of drug-likeness (QED) is 0.887. The van der Waals surface area contributed by atoms with E-state index < -0.39 is 6.04 Å². The molecule has 106 valence electrons. The van der Waals surface area contributed by atoms with Crippen molar-refractivity contribution in [3.63, 3.8) is 0 Å². The van der Waals surface area contributed by atoms with E-state index in [1.54, 1.807) is 11.3 Å². The molecule has 3 nitrogen and oxygen atoms in total. The van der Waals surface area contributed by atoms with Crippen LogP contribution in [-0.2, 0) is 4.79 Å². The van der Waals surface area contributed by atoms with Crippen LogP contribution in [0, 0.1) is 5.92 Å². The molecule has 2 rings (SSSR count). The van der Waals surface area contributed by atoms with Crippen molar-refractivity contribution in [2.45, 2.75) is 25.9 Å². The maximum atomic E-state index is 12.3. The molecule has 1 unspecified atom stereocenters. The summed E-state index contributed by atoms with van der Waals surface area (Å²) in [5.41, 5.74) is 6.86. The molecule has 0 saturated carbocycles. The highest BCUT2D eigenvalue weighted by atomic mass is 32.1. The van der Waals surface area contributed by atoms with Crippen LogP contribution in [0.3, 0.4) is 0 Å². The summed E-state index contributed by atoms with van der Waals surface area (Å²) in [6.45, 7) is 4.19. The number of nitrogens with two attached hydrogens (primary N) is 1. The molecule has 0 saturated heterocycles. The molecule has 0 spiro atoms. The van der Waals surface area contributed by atoms with Gasteiger partial charge >= 0.3 is 0 Å². The number of carbonyl (C=O) groups is 1. The number of amides is 1. The van der Waals surface area contributed by atoms with Crippen molar-refractivity contribution in [1.82, 2.24) is 5.32 Å². The third kappa shape index (κ3) is 3.46. The number of nitrogens with one attached hydrogen (secondary N) is 1. The van der Waals surface area contributed by atoms with E-state index in [9.17, 15) is 4.79 Å². The van der Waals surface area contributed by atoms with Gasteiger partial charge in [-0.2, -0.15) is 0 Å². The Morgan fingerprint density at radius 1 is 1.15 bits per heavy atom. The first-order chi connectivity index (χ1) is 9.59. The van der Waals surface area contributed by atoms with E-state index in [0.29, 0.717) is 5.92 Å². The van der Waals surface area contributed by atoms with Crippen molar-refractivity contribution in [2.24, 2.45) is 11.7 Å². The summed E-state index contributed by atoms with van der Waals surface area (Å²) >= 11 is 1.65. The van der Waals surface area contributed by atoms with Gasteiger partial charge in [-0.3, -0.25) is 4.79 Å². The SMILES string of the molecule is CC(C)C(NC(=O)[C@@H](N)c1ccccc1)c1cccs1. The zero-order valence-electron chi connectivity index (χ0n) is 11.7. The fraction of sp³-hybridized carbons (Fsp3) is 0.312. The highest BCUT2D eigenvalue weighted by molar-refractivity contribution is 7.10. The molecular weight excluding hydrogens is 268 g/mol. The number of thiophene rings is 1. The fourth-order valence-electron chi connectivity index (χ4n) is 2.09. The Kier molecular flexibility index (Phi) is 4.93. The summed E-state index contributed by atoms with van der Waals surface area (Å²) in [7, 11) is 0. The number of rotatable bonds is 5. The molecule has 0 aliphatic heterocycles. The van der Waals surface area contributed by atoms with Crippen LogP contribution in [0.25, 0.3) is 0 Å². The highest BCUT2D eigenvalue weighted by Gasteiger charge is 2.23. The summed E-state index contributed by atoms with van der Waals surface area (Å²) in [4.78, 5) is 13.5. The number of benzene rings is 1. The van der Waals surface area contributed by atoms with Gasteiger partial charge < -0.3 is 11.1 Å². The average Bonchev–Trinajstić information content (AvgIpc) is 2.98. The predicted octanol–water partition coefficient (Wildman–Crippen LogP) is 3.26. The highest BCUT2D eigenvalue weighted by Crippen LogP contribution is 2.26. The zero-order chi connectivity index (χ0) is 14.5. The monoisotopic (exact) mass is 288 g/mol. The van der Waals surface area contributed by atoms with Crippen molar-refractivity contribution >= 4 is 17.2 Å². The Bertz CT molecular complexity index is 537. The lowest BCUT2D eigenvalue weighted by Gasteiger charge is -2.23. The predicted molar refractivity (Wildman–Crippen MR) is 83.4 cm³/mol. The normalized spacial score (nSPS) is 14.0. The van der Waals surface area contributed by atoms with Crippen LogP contribution < -0.4 is 11.1 Å². The van der Waals surface area contributed by atoms with Gasteiger partial charge in [0.05, 0.1) is 6.04 Å². The second-order valence-corrected chi connectivity index (χ2v) is 6.11. The van der Waals surface area contributed by atoms with Gasteiger partial charge in [-0.05, 0) is 22.9 Å². The Labute approximate surface area is 123 Å². The maximum Gasteiger partial charge on any atom is 0.242 e. The molecule has 0 fully saturated rings. The van der Waals surface area contributed by atoms with Crippen LogP contribution in [0.4, 0.5) is 0 Å². The Balaban J connectivity index is 2.09. The molecular formula is C16H20N2OS. The molecule has 20 heavy (non-hydrogen) atoms. The maximum absolute atomic E-state index is 12.3. The third-order valence-electron chi connectivity index (χ3n) is 3.26. The van der Waals surface area contributed by atoms with Gasteiger partial charge in [0.1, 0.15) is 6.04 Å². The van der Waals surface area contributed by atoms with E-state index in [1.807, 2.05) is 47.8 Å². The molecule has 0 aliphatic carbocycles. The molecule has 4 heteroatoms. The van der Waals surface area contributed by atoms with Gasteiger partial charge in [0.25, 0.3) is 0 Å². The summed E-state index contributed by atoms with van der Waals surface area (Å²) in [6, 6.07) is 12.9. The lowest BCUT2D eigenvalue weighted by molar-refractivity contribution is -0.123. The van der Waals surface area contributed by atoms with E-state index >= 15 is 0 Å². The van der Waals surface area contributed by atoms with E-state index in [-0.39, 0.29) is 11.9 Å². The minimum Gasteiger partial charge on any atom is -0.347 e. The number of carbonyl (C=O) groups excluding carboxylic acids is 1. The van der Waals surface area contributed by atoms with Gasteiger partial charge in [0.15, 0.2) is 0 Å². The Morgan fingerprint density at radius 3 is 2.40 bits per heavy atom. The molecule has 1 heterocycles. The van der Waals surface area contributed by atoms with Crippen LogP contribution in [0.15, 0.2) is 47.8 Å². The smallest absolute Gasteiger partial charge is 0.242 e. The Hall–Kier alpha value is -1.65. The molecule has 2 atom stereocenters. The van der Waals surface area contributed by atoms with Gasteiger partial charge in [0, 0.05) is 4.88 Å². The van der Waals surface area contributed by atoms with Crippen molar-refractivity contribution in [2.75, 3.05) is 0 Å². The molecule has 1 amide bonds. The standard InChI is InChI=1S/C16H20N2OS/c1-11(2)15(13-9-6-10-20-13)18-16(19)14(17)12-7-4-3-5-8-12/h3-11,14-15H,17H2,1-2H3,(H,18,19)/t14-,15?/m0/s1. The molecule has 0 aliphatic rings. The van der Waals surface area contributed by atoms with E-state index in [2.05, 4.69) is 19.2 Å². The minimum atomic E-state index is -0.627. The van der Waals surface area contributed by atoms with E-state index in [1.165, 1.54) is 0 Å². The van der Waals surface area contributed by atoms with Crippen molar-refractivity contribution in [1.29, 1.82) is 0 Å². The topological polar surface area (TPSA) is 55.1 Å². The summed E-state index contributed by atoms with van der Waals surface area (Å²) in [5.74, 6) is 0.184. The Morgan fingerprint density at radius 2 is 1.85 bits per heavy atom. The zero-order valence-corrected chi connectivity index (χ0v) is 12.6. The molecule has 3 N–H and O–H groups in total. The molecule has 2 aromatic rings. The van der Waals surface area contributed by atoms with Crippen LogP contribution in [0.2, 0.25) is 0 Å². The summed E-state index contributed by atoms with van der Waals surface area (Å²) in [5, 5.41) is 5.09. The lowest BCUT2D eigenvalue weighted by atomic mass is 10.0. The summed E-state index contributed by atoms with van der Waals surface area (Å²) in [6.07, 6.45) is 0. The fourth-order valence-corrected chi connectivity index (χ4v) is 3.04. The van der Waals surface area contributed by atoms with Crippen LogP contribution in [0.1, 0.15) is 36.4 Å². The summed E-state index contributed by atoms with van der Waals surface area (Å²) < 4.78 is 0. The first-order valence-corrected chi connectivity index (χ1v) is 7.62. The number of hydrogen-bond donors (Lipinski definition) is 2. The lowest BCUT2D eigenvalue weighted by Crippen LogP contribution is -2.38. The molecule has 1 aromatic carbocycles. The first-order valence-electron chi connectivity index (χ1n) is 6.74. The molecule has 1 aromatic heterocycles. The van der Waals surface area contributed by atoms with Crippen molar-refractivity contribution in [3.8, 4) is 0 Å². The second-order valence-electron chi connectivity index (χ2n) is 5.13. The second kappa shape index (κ2) is 6.68.